The molecule has 1 aliphatic heterocycles. The average molecular weight is 368 g/mol. The monoisotopic (exact) mass is 368 g/mol. The van der Waals surface area contributed by atoms with Crippen LogP contribution in [0.4, 0.5) is 5.69 Å². The lowest BCUT2D eigenvalue weighted by molar-refractivity contribution is -0.138. The van der Waals surface area contributed by atoms with Gasteiger partial charge >= 0.3 is 0 Å². The van der Waals surface area contributed by atoms with E-state index >= 15 is 0 Å². The quantitative estimate of drug-likeness (QED) is 0.811. The van der Waals surface area contributed by atoms with Crippen LogP contribution in [0.1, 0.15) is 18.1 Å². The van der Waals surface area contributed by atoms with Crippen LogP contribution in [-0.4, -0.2) is 50.2 Å². The van der Waals surface area contributed by atoms with Crippen LogP contribution in [0.15, 0.2) is 42.5 Å². The lowest BCUT2D eigenvalue weighted by Crippen LogP contribution is -2.52. The van der Waals surface area contributed by atoms with Gasteiger partial charge in [0.15, 0.2) is 6.10 Å². The standard InChI is InChI=1S/C22H28N2O3/c1-16-5-6-17(2)21(15-16)27-18(3)22(25)24-13-11-23(12-14-24)19-7-9-20(26-4)10-8-19/h5-10,15,18H,11-14H2,1-4H3. The van der Waals surface area contributed by atoms with Crippen LogP contribution in [-0.2, 0) is 4.79 Å². The van der Waals surface area contributed by atoms with Gasteiger partial charge in [-0.25, -0.2) is 0 Å². The highest BCUT2D eigenvalue weighted by Crippen LogP contribution is 2.23. The summed E-state index contributed by atoms with van der Waals surface area (Å²) in [7, 11) is 1.67. The molecule has 5 heteroatoms. The molecule has 3 rings (SSSR count). The van der Waals surface area contributed by atoms with Gasteiger partial charge in [-0.3, -0.25) is 4.79 Å². The highest BCUT2D eigenvalue weighted by atomic mass is 16.5. The number of methoxy groups -OCH3 is 1. The van der Waals surface area contributed by atoms with Crippen molar-refractivity contribution in [1.82, 2.24) is 4.90 Å². The maximum Gasteiger partial charge on any atom is 0.263 e. The third-order valence-corrected chi connectivity index (χ3v) is 5.02. The number of hydrogen-bond donors (Lipinski definition) is 0. The van der Waals surface area contributed by atoms with Gasteiger partial charge in [-0.15, -0.1) is 0 Å². The van der Waals surface area contributed by atoms with Crippen molar-refractivity contribution in [2.24, 2.45) is 0 Å². The number of aryl methyl sites for hydroxylation is 2. The first-order chi connectivity index (χ1) is 13.0. The zero-order chi connectivity index (χ0) is 19.4. The van der Waals surface area contributed by atoms with E-state index < -0.39 is 6.10 Å². The van der Waals surface area contributed by atoms with E-state index in [9.17, 15) is 4.79 Å². The maximum atomic E-state index is 12.8. The fourth-order valence-electron chi connectivity index (χ4n) is 3.31. The molecule has 1 atom stereocenters. The van der Waals surface area contributed by atoms with Crippen molar-refractivity contribution in [3.8, 4) is 11.5 Å². The summed E-state index contributed by atoms with van der Waals surface area (Å²) in [6.07, 6.45) is -0.488. The first-order valence-electron chi connectivity index (χ1n) is 9.39. The van der Waals surface area contributed by atoms with Crippen molar-refractivity contribution < 1.29 is 14.3 Å². The summed E-state index contributed by atoms with van der Waals surface area (Å²) in [4.78, 5) is 17.0. The summed E-state index contributed by atoms with van der Waals surface area (Å²) in [5.41, 5.74) is 3.33. The molecule has 1 amide bonds. The molecule has 144 valence electrons. The lowest BCUT2D eigenvalue weighted by Gasteiger charge is -2.37. The molecular weight excluding hydrogens is 340 g/mol. The predicted molar refractivity (Wildman–Crippen MR) is 108 cm³/mol. The van der Waals surface area contributed by atoms with Crippen molar-refractivity contribution in [2.45, 2.75) is 26.9 Å². The van der Waals surface area contributed by atoms with Gasteiger partial charge in [-0.2, -0.15) is 0 Å². The van der Waals surface area contributed by atoms with Gasteiger partial charge in [-0.05, 0) is 62.2 Å². The zero-order valence-electron chi connectivity index (χ0n) is 16.6. The molecule has 1 fully saturated rings. The Balaban J connectivity index is 1.56. The number of rotatable bonds is 5. The normalized spacial score (nSPS) is 15.4. The number of carbonyl (C=O) groups is 1. The topological polar surface area (TPSA) is 42.0 Å². The van der Waals surface area contributed by atoms with E-state index in [-0.39, 0.29) is 5.91 Å². The summed E-state index contributed by atoms with van der Waals surface area (Å²) in [5, 5.41) is 0. The van der Waals surface area contributed by atoms with Crippen LogP contribution in [0, 0.1) is 13.8 Å². The van der Waals surface area contributed by atoms with Crippen LogP contribution >= 0.6 is 0 Å². The Morgan fingerprint density at radius 2 is 1.67 bits per heavy atom. The van der Waals surface area contributed by atoms with Gasteiger partial charge < -0.3 is 19.3 Å². The third-order valence-electron chi connectivity index (χ3n) is 5.02. The van der Waals surface area contributed by atoms with Crippen LogP contribution in [0.2, 0.25) is 0 Å². The minimum absolute atomic E-state index is 0.0466. The molecule has 0 aliphatic carbocycles. The SMILES string of the molecule is COc1ccc(N2CCN(C(=O)C(C)Oc3cc(C)ccc3C)CC2)cc1. The smallest absolute Gasteiger partial charge is 0.263 e. The number of hydrogen-bond acceptors (Lipinski definition) is 4. The summed E-state index contributed by atoms with van der Waals surface area (Å²) in [6.45, 7) is 8.88. The molecule has 0 N–H and O–H groups in total. The Morgan fingerprint density at radius 1 is 1.00 bits per heavy atom. The van der Waals surface area contributed by atoms with E-state index in [2.05, 4.69) is 17.0 Å². The number of benzene rings is 2. The van der Waals surface area contributed by atoms with E-state index in [0.29, 0.717) is 13.1 Å². The van der Waals surface area contributed by atoms with Gasteiger partial charge in [0.05, 0.1) is 7.11 Å². The van der Waals surface area contributed by atoms with Crippen LogP contribution < -0.4 is 14.4 Å². The molecule has 5 nitrogen and oxygen atoms in total. The van der Waals surface area contributed by atoms with E-state index in [1.165, 1.54) is 0 Å². The van der Waals surface area contributed by atoms with E-state index in [1.54, 1.807) is 7.11 Å². The third kappa shape index (κ3) is 4.54. The first kappa shape index (κ1) is 19.1. The van der Waals surface area contributed by atoms with Crippen molar-refractivity contribution >= 4 is 11.6 Å². The van der Waals surface area contributed by atoms with E-state index in [4.69, 9.17) is 9.47 Å². The van der Waals surface area contributed by atoms with Crippen LogP contribution in [0.25, 0.3) is 0 Å². The van der Waals surface area contributed by atoms with Crippen molar-refractivity contribution in [3.05, 3.63) is 53.6 Å². The Labute approximate surface area is 161 Å². The van der Waals surface area contributed by atoms with Crippen molar-refractivity contribution in [2.75, 3.05) is 38.2 Å². The minimum Gasteiger partial charge on any atom is -0.497 e. The molecule has 2 aromatic rings. The molecule has 0 aromatic heterocycles. The maximum absolute atomic E-state index is 12.8. The Hall–Kier alpha value is -2.69. The average Bonchev–Trinajstić information content (AvgIpc) is 2.70. The molecular formula is C22H28N2O3. The largest absolute Gasteiger partial charge is 0.497 e. The molecule has 0 spiro atoms. The first-order valence-corrected chi connectivity index (χ1v) is 9.39. The van der Waals surface area contributed by atoms with Gasteiger partial charge in [-0.1, -0.05) is 12.1 Å². The molecule has 0 radical (unpaired) electrons. The number of amides is 1. The number of piperazine rings is 1. The molecule has 1 aliphatic rings. The summed E-state index contributed by atoms with van der Waals surface area (Å²) < 4.78 is 11.2. The molecule has 1 saturated heterocycles. The van der Waals surface area contributed by atoms with Crippen LogP contribution in [0.3, 0.4) is 0 Å². The van der Waals surface area contributed by atoms with Crippen LogP contribution in [0.5, 0.6) is 11.5 Å². The molecule has 0 bridgehead atoms. The number of nitrogens with zero attached hydrogens (tertiary/aromatic N) is 2. The Bertz CT molecular complexity index is 781. The lowest BCUT2D eigenvalue weighted by atomic mass is 10.1. The predicted octanol–water partition coefficient (Wildman–Crippen LogP) is 3.43. The summed E-state index contributed by atoms with van der Waals surface area (Å²) in [6, 6.07) is 14.1. The molecule has 27 heavy (non-hydrogen) atoms. The molecule has 0 saturated carbocycles. The highest BCUT2D eigenvalue weighted by molar-refractivity contribution is 5.81. The fraction of sp³-hybridized carbons (Fsp3) is 0.409. The Morgan fingerprint density at radius 3 is 2.30 bits per heavy atom. The van der Waals surface area contributed by atoms with Crippen molar-refractivity contribution in [3.63, 3.8) is 0 Å². The Kier molecular flexibility index (Phi) is 5.89. The second-order valence-electron chi connectivity index (χ2n) is 7.04. The van der Waals surface area contributed by atoms with E-state index in [1.807, 2.05) is 56.0 Å². The number of anilines is 1. The molecule has 1 unspecified atom stereocenters. The summed E-state index contributed by atoms with van der Waals surface area (Å²) >= 11 is 0. The molecule has 1 heterocycles. The van der Waals surface area contributed by atoms with Gasteiger partial charge in [0, 0.05) is 31.9 Å². The summed E-state index contributed by atoms with van der Waals surface area (Å²) in [5.74, 6) is 1.68. The van der Waals surface area contributed by atoms with Gasteiger partial charge in [0.2, 0.25) is 0 Å². The molecule has 2 aromatic carbocycles. The second kappa shape index (κ2) is 8.33. The van der Waals surface area contributed by atoms with Gasteiger partial charge in [0.1, 0.15) is 11.5 Å². The fourth-order valence-corrected chi connectivity index (χ4v) is 3.31. The van der Waals surface area contributed by atoms with E-state index in [0.717, 1.165) is 41.4 Å². The zero-order valence-corrected chi connectivity index (χ0v) is 16.6. The van der Waals surface area contributed by atoms with Crippen molar-refractivity contribution in [1.29, 1.82) is 0 Å². The minimum atomic E-state index is -0.488. The highest BCUT2D eigenvalue weighted by Gasteiger charge is 2.26. The number of ether oxygens (including phenoxy) is 2. The van der Waals surface area contributed by atoms with Gasteiger partial charge in [0.25, 0.3) is 5.91 Å². The second-order valence-corrected chi connectivity index (χ2v) is 7.04. The number of carbonyl (C=O) groups excluding carboxylic acids is 1.